The molecule has 2 unspecified atom stereocenters. The minimum absolute atomic E-state index is 0.407. The number of hydrogen-bond acceptors (Lipinski definition) is 5. The summed E-state index contributed by atoms with van der Waals surface area (Å²) in [6.45, 7) is 2.67. The predicted molar refractivity (Wildman–Crippen MR) is 73.9 cm³/mol. The van der Waals surface area contributed by atoms with E-state index in [4.69, 9.17) is 14.6 Å². The number of halogens is 1. The van der Waals surface area contributed by atoms with Gasteiger partial charge in [0.1, 0.15) is 18.0 Å². The first-order chi connectivity index (χ1) is 8.95. The standard InChI is InChI=1S/C13H19BrO5/c1-8(16)13(17)12(7-15)19-9(2)18-11-6-4-3-5-10(11)14/h3-6,8-9,12-13,15-17H,7H2,1-2H3/t8-,9?,12?,13+/m1/s1. The molecule has 3 N–H and O–H groups in total. The summed E-state index contributed by atoms with van der Waals surface area (Å²) >= 11 is 3.34. The van der Waals surface area contributed by atoms with Gasteiger partial charge in [0.05, 0.1) is 17.2 Å². The number of benzene rings is 1. The van der Waals surface area contributed by atoms with Crippen molar-refractivity contribution in [3.8, 4) is 5.75 Å². The molecule has 0 saturated carbocycles. The van der Waals surface area contributed by atoms with E-state index in [-0.39, 0.29) is 0 Å². The lowest BCUT2D eigenvalue weighted by Crippen LogP contribution is -2.42. The molecule has 1 aromatic rings. The Labute approximate surface area is 120 Å². The van der Waals surface area contributed by atoms with Crippen LogP contribution in [0.2, 0.25) is 0 Å². The normalized spacial score (nSPS) is 17.6. The van der Waals surface area contributed by atoms with Crippen LogP contribution in [0.25, 0.3) is 0 Å². The highest BCUT2D eigenvalue weighted by molar-refractivity contribution is 9.10. The second kappa shape index (κ2) is 7.81. The average Bonchev–Trinajstić information content (AvgIpc) is 2.37. The van der Waals surface area contributed by atoms with Crippen LogP contribution in [0.4, 0.5) is 0 Å². The van der Waals surface area contributed by atoms with E-state index in [1.165, 1.54) is 6.92 Å². The second-order valence-electron chi connectivity index (χ2n) is 4.20. The Morgan fingerprint density at radius 3 is 2.37 bits per heavy atom. The van der Waals surface area contributed by atoms with Crippen molar-refractivity contribution in [2.45, 2.75) is 38.4 Å². The first-order valence-corrected chi connectivity index (χ1v) is 6.78. The smallest absolute Gasteiger partial charge is 0.197 e. The van der Waals surface area contributed by atoms with E-state index < -0.39 is 31.2 Å². The molecule has 4 atom stereocenters. The molecule has 0 heterocycles. The van der Waals surface area contributed by atoms with Crippen LogP contribution in [0.15, 0.2) is 28.7 Å². The van der Waals surface area contributed by atoms with Gasteiger partial charge in [0.25, 0.3) is 0 Å². The molecule has 0 bridgehead atoms. The highest BCUT2D eigenvalue weighted by Gasteiger charge is 2.26. The van der Waals surface area contributed by atoms with E-state index in [1.807, 2.05) is 18.2 Å². The molecule has 1 rings (SSSR count). The van der Waals surface area contributed by atoms with E-state index in [1.54, 1.807) is 13.0 Å². The monoisotopic (exact) mass is 334 g/mol. The van der Waals surface area contributed by atoms with Crippen molar-refractivity contribution >= 4 is 15.9 Å². The molecule has 19 heavy (non-hydrogen) atoms. The Balaban J connectivity index is 2.59. The van der Waals surface area contributed by atoms with Crippen molar-refractivity contribution in [2.75, 3.05) is 6.61 Å². The average molecular weight is 335 g/mol. The third-order valence-electron chi connectivity index (χ3n) is 2.55. The molecular weight excluding hydrogens is 316 g/mol. The van der Waals surface area contributed by atoms with Crippen LogP contribution < -0.4 is 4.74 Å². The Bertz CT molecular complexity index is 385. The molecule has 108 valence electrons. The lowest BCUT2D eigenvalue weighted by Gasteiger charge is -2.27. The van der Waals surface area contributed by atoms with Crippen LogP contribution in [0, 0.1) is 0 Å². The fraction of sp³-hybridized carbons (Fsp3) is 0.538. The van der Waals surface area contributed by atoms with Gasteiger partial charge in [0.15, 0.2) is 6.29 Å². The van der Waals surface area contributed by atoms with Crippen LogP contribution in [-0.2, 0) is 4.74 Å². The first-order valence-electron chi connectivity index (χ1n) is 5.99. The van der Waals surface area contributed by atoms with E-state index in [9.17, 15) is 10.2 Å². The fourth-order valence-corrected chi connectivity index (χ4v) is 1.91. The van der Waals surface area contributed by atoms with Gasteiger partial charge in [-0.3, -0.25) is 0 Å². The number of aliphatic hydroxyl groups excluding tert-OH is 3. The van der Waals surface area contributed by atoms with E-state index in [0.29, 0.717) is 5.75 Å². The number of aliphatic hydroxyl groups is 3. The van der Waals surface area contributed by atoms with Crippen LogP contribution in [-0.4, -0.2) is 46.5 Å². The third-order valence-corrected chi connectivity index (χ3v) is 3.21. The number of ether oxygens (including phenoxy) is 2. The highest BCUT2D eigenvalue weighted by atomic mass is 79.9. The van der Waals surface area contributed by atoms with E-state index in [2.05, 4.69) is 15.9 Å². The van der Waals surface area contributed by atoms with Crippen molar-refractivity contribution in [1.29, 1.82) is 0 Å². The molecule has 0 fully saturated rings. The zero-order chi connectivity index (χ0) is 14.4. The molecule has 0 spiro atoms. The maximum Gasteiger partial charge on any atom is 0.197 e. The van der Waals surface area contributed by atoms with Crippen LogP contribution >= 0.6 is 15.9 Å². The second-order valence-corrected chi connectivity index (χ2v) is 5.06. The molecule has 0 radical (unpaired) electrons. The van der Waals surface area contributed by atoms with Crippen molar-refractivity contribution in [2.24, 2.45) is 0 Å². The SMILES string of the molecule is CC(Oc1ccccc1Br)OC(CO)[C@@H](O)[C@@H](C)O. The van der Waals surface area contributed by atoms with Crippen LogP contribution in [0.1, 0.15) is 13.8 Å². The van der Waals surface area contributed by atoms with Crippen molar-refractivity contribution in [3.63, 3.8) is 0 Å². The Hall–Kier alpha value is -0.660. The minimum Gasteiger partial charge on any atom is -0.464 e. The lowest BCUT2D eigenvalue weighted by atomic mass is 10.1. The van der Waals surface area contributed by atoms with Gasteiger partial charge in [0, 0.05) is 0 Å². The van der Waals surface area contributed by atoms with Gasteiger partial charge in [0.2, 0.25) is 0 Å². The number of hydrogen-bond donors (Lipinski definition) is 3. The van der Waals surface area contributed by atoms with Gasteiger partial charge in [-0.1, -0.05) is 12.1 Å². The fourth-order valence-electron chi connectivity index (χ4n) is 1.54. The molecule has 1 aromatic carbocycles. The quantitative estimate of drug-likeness (QED) is 0.655. The molecule has 0 aliphatic rings. The summed E-state index contributed by atoms with van der Waals surface area (Å²) in [5.74, 6) is 0.596. The largest absolute Gasteiger partial charge is 0.464 e. The zero-order valence-electron chi connectivity index (χ0n) is 10.9. The summed E-state index contributed by atoms with van der Waals surface area (Å²) in [4.78, 5) is 0. The molecule has 6 heteroatoms. The molecule has 5 nitrogen and oxygen atoms in total. The van der Waals surface area contributed by atoms with E-state index in [0.717, 1.165) is 4.47 Å². The lowest BCUT2D eigenvalue weighted by molar-refractivity contribution is -0.171. The molecule has 0 amide bonds. The summed E-state index contributed by atoms with van der Waals surface area (Å²) in [6, 6.07) is 7.27. The van der Waals surface area contributed by atoms with Gasteiger partial charge < -0.3 is 24.8 Å². The molecule has 0 saturated heterocycles. The van der Waals surface area contributed by atoms with Crippen molar-refractivity contribution < 1.29 is 24.8 Å². The summed E-state index contributed by atoms with van der Waals surface area (Å²) < 4.78 is 11.7. The van der Waals surface area contributed by atoms with Gasteiger partial charge in [-0.25, -0.2) is 0 Å². The summed E-state index contributed by atoms with van der Waals surface area (Å²) in [5, 5.41) is 28.1. The minimum atomic E-state index is -1.17. The van der Waals surface area contributed by atoms with Crippen LogP contribution in [0.5, 0.6) is 5.75 Å². The molecule has 0 aromatic heterocycles. The Morgan fingerprint density at radius 1 is 1.21 bits per heavy atom. The molecule has 0 aliphatic heterocycles. The topological polar surface area (TPSA) is 79.2 Å². The van der Waals surface area contributed by atoms with Gasteiger partial charge in [-0.05, 0) is 41.9 Å². The first kappa shape index (κ1) is 16.4. The van der Waals surface area contributed by atoms with Gasteiger partial charge >= 0.3 is 0 Å². The van der Waals surface area contributed by atoms with Crippen LogP contribution in [0.3, 0.4) is 0 Å². The number of rotatable bonds is 7. The highest BCUT2D eigenvalue weighted by Crippen LogP contribution is 2.25. The third kappa shape index (κ3) is 5.08. The maximum atomic E-state index is 9.66. The van der Waals surface area contributed by atoms with Gasteiger partial charge in [-0.2, -0.15) is 0 Å². The summed E-state index contributed by atoms with van der Waals surface area (Å²) in [5.41, 5.74) is 0. The zero-order valence-corrected chi connectivity index (χ0v) is 12.4. The van der Waals surface area contributed by atoms with E-state index >= 15 is 0 Å². The predicted octanol–water partition coefficient (Wildman–Crippen LogP) is 1.29. The number of para-hydroxylation sites is 1. The van der Waals surface area contributed by atoms with Crippen molar-refractivity contribution in [3.05, 3.63) is 28.7 Å². The summed E-state index contributed by atoms with van der Waals surface area (Å²) in [7, 11) is 0. The maximum absolute atomic E-state index is 9.66. The Morgan fingerprint density at radius 2 is 1.84 bits per heavy atom. The molecular formula is C13H19BrO5. The Kier molecular flexibility index (Phi) is 6.74. The van der Waals surface area contributed by atoms with Gasteiger partial charge in [-0.15, -0.1) is 0 Å². The van der Waals surface area contributed by atoms with Crippen molar-refractivity contribution in [1.82, 2.24) is 0 Å². The molecule has 0 aliphatic carbocycles. The summed E-state index contributed by atoms with van der Waals surface area (Å²) in [6.07, 6.45) is -3.75.